The van der Waals surface area contributed by atoms with Crippen LogP contribution in [0.2, 0.25) is 0 Å². The lowest BCUT2D eigenvalue weighted by Crippen LogP contribution is -2.45. The van der Waals surface area contributed by atoms with Crippen LogP contribution in [0, 0.1) is 5.41 Å². The summed E-state index contributed by atoms with van der Waals surface area (Å²) in [6.45, 7) is 4.00. The number of benzene rings is 1. The maximum absolute atomic E-state index is 13.0. The summed E-state index contributed by atoms with van der Waals surface area (Å²) < 4.78 is 1.14. The molecule has 3 heteroatoms. The van der Waals surface area contributed by atoms with Crippen LogP contribution in [0.25, 0.3) is 10.1 Å². The third-order valence-corrected chi connectivity index (χ3v) is 5.32. The maximum atomic E-state index is 13.0. The molecule has 0 amide bonds. The van der Waals surface area contributed by atoms with Crippen molar-refractivity contribution in [2.75, 3.05) is 13.1 Å². The zero-order valence-corrected chi connectivity index (χ0v) is 12.1. The number of carbonyl (C=O) groups excluding carboxylic acids is 1. The van der Waals surface area contributed by atoms with Gasteiger partial charge in [0.2, 0.25) is 0 Å². The summed E-state index contributed by atoms with van der Waals surface area (Å²) in [7, 11) is 0. The van der Waals surface area contributed by atoms with Crippen molar-refractivity contribution in [3.8, 4) is 0 Å². The second-order valence-corrected chi connectivity index (χ2v) is 6.30. The van der Waals surface area contributed by atoms with Crippen molar-refractivity contribution in [2.45, 2.75) is 26.2 Å². The summed E-state index contributed by atoms with van der Waals surface area (Å²) in [6.07, 6.45) is 3.03. The van der Waals surface area contributed by atoms with E-state index in [1.54, 1.807) is 11.3 Å². The minimum Gasteiger partial charge on any atom is -0.316 e. The number of fused-ring (bicyclic) bond motifs is 1. The molecule has 0 spiro atoms. The fourth-order valence-electron chi connectivity index (χ4n) is 3.08. The molecule has 1 aliphatic heterocycles. The predicted molar refractivity (Wildman–Crippen MR) is 81.0 cm³/mol. The molecule has 2 nitrogen and oxygen atoms in total. The SMILES string of the molecule is CCC1(C(=O)c2cccc3ccsc23)CCCNC1. The maximum Gasteiger partial charge on any atom is 0.171 e. The van der Waals surface area contributed by atoms with E-state index in [1.807, 2.05) is 12.1 Å². The fourth-order valence-corrected chi connectivity index (χ4v) is 3.99. The standard InChI is InChI=1S/C16H19NOS/c1-2-16(8-4-9-17-11-16)15(18)13-6-3-5-12-7-10-19-14(12)13/h3,5-7,10,17H,2,4,8-9,11H2,1H3. The van der Waals surface area contributed by atoms with E-state index in [2.05, 4.69) is 29.8 Å². The number of hydrogen-bond acceptors (Lipinski definition) is 3. The molecule has 1 unspecified atom stereocenters. The van der Waals surface area contributed by atoms with Gasteiger partial charge in [-0.2, -0.15) is 0 Å². The zero-order chi connectivity index (χ0) is 13.3. The number of piperidine rings is 1. The topological polar surface area (TPSA) is 29.1 Å². The summed E-state index contributed by atoms with van der Waals surface area (Å²) in [5.41, 5.74) is 0.717. The molecule has 0 bridgehead atoms. The smallest absolute Gasteiger partial charge is 0.171 e. The molecular formula is C16H19NOS. The molecule has 2 aromatic rings. The Morgan fingerprint density at radius 3 is 3.05 bits per heavy atom. The van der Waals surface area contributed by atoms with Crippen LogP contribution in [0.5, 0.6) is 0 Å². The molecule has 1 aromatic carbocycles. The molecule has 2 heterocycles. The number of rotatable bonds is 3. The van der Waals surface area contributed by atoms with Gasteiger partial charge in [-0.05, 0) is 48.7 Å². The highest BCUT2D eigenvalue weighted by Gasteiger charge is 2.38. The molecule has 0 saturated carbocycles. The summed E-state index contributed by atoms with van der Waals surface area (Å²) in [4.78, 5) is 13.0. The average molecular weight is 273 g/mol. The molecule has 1 fully saturated rings. The van der Waals surface area contributed by atoms with Crippen LogP contribution in [0.4, 0.5) is 0 Å². The van der Waals surface area contributed by atoms with Gasteiger partial charge in [0.15, 0.2) is 5.78 Å². The van der Waals surface area contributed by atoms with Crippen LogP contribution in [0.3, 0.4) is 0 Å². The Hall–Kier alpha value is -1.19. The molecule has 100 valence electrons. The van der Waals surface area contributed by atoms with Crippen LogP contribution in [0.1, 0.15) is 36.5 Å². The molecule has 1 aliphatic rings. The van der Waals surface area contributed by atoms with Crippen molar-refractivity contribution in [2.24, 2.45) is 5.41 Å². The van der Waals surface area contributed by atoms with E-state index in [1.165, 1.54) is 5.39 Å². The quantitative estimate of drug-likeness (QED) is 0.860. The van der Waals surface area contributed by atoms with Gasteiger partial charge in [-0.25, -0.2) is 0 Å². The monoisotopic (exact) mass is 273 g/mol. The van der Waals surface area contributed by atoms with Gasteiger partial charge in [0.05, 0.1) is 0 Å². The normalized spacial score (nSPS) is 23.6. The number of ketones is 1. The Morgan fingerprint density at radius 2 is 2.32 bits per heavy atom. The first-order valence-corrected chi connectivity index (χ1v) is 7.86. The molecule has 1 aromatic heterocycles. The second-order valence-electron chi connectivity index (χ2n) is 5.39. The second kappa shape index (κ2) is 5.06. The van der Waals surface area contributed by atoms with Crippen molar-refractivity contribution in [1.82, 2.24) is 5.32 Å². The van der Waals surface area contributed by atoms with E-state index in [4.69, 9.17) is 0 Å². The number of carbonyl (C=O) groups is 1. The highest BCUT2D eigenvalue weighted by molar-refractivity contribution is 7.17. The van der Waals surface area contributed by atoms with E-state index in [0.717, 1.165) is 42.6 Å². The highest BCUT2D eigenvalue weighted by Crippen LogP contribution is 2.37. The summed E-state index contributed by atoms with van der Waals surface area (Å²) in [5, 5.41) is 6.66. The van der Waals surface area contributed by atoms with Crippen molar-refractivity contribution in [3.05, 3.63) is 35.2 Å². The molecule has 0 radical (unpaired) electrons. The van der Waals surface area contributed by atoms with Gasteiger partial charge >= 0.3 is 0 Å². The van der Waals surface area contributed by atoms with Crippen LogP contribution in [-0.4, -0.2) is 18.9 Å². The first-order chi connectivity index (χ1) is 9.27. The molecular weight excluding hydrogens is 254 g/mol. The van der Waals surface area contributed by atoms with Crippen molar-refractivity contribution >= 4 is 27.2 Å². The van der Waals surface area contributed by atoms with E-state index in [0.29, 0.717) is 5.78 Å². The third kappa shape index (κ3) is 2.11. The Bertz CT molecular complexity index is 596. The van der Waals surface area contributed by atoms with E-state index >= 15 is 0 Å². The first-order valence-electron chi connectivity index (χ1n) is 6.98. The molecule has 1 atom stereocenters. The fraction of sp³-hybridized carbons (Fsp3) is 0.438. The molecule has 1 saturated heterocycles. The van der Waals surface area contributed by atoms with Crippen LogP contribution in [-0.2, 0) is 0 Å². The molecule has 1 N–H and O–H groups in total. The van der Waals surface area contributed by atoms with Crippen molar-refractivity contribution in [1.29, 1.82) is 0 Å². The van der Waals surface area contributed by atoms with Crippen LogP contribution in [0.15, 0.2) is 29.6 Å². The number of Topliss-reactive ketones (excluding diaryl/α,β-unsaturated/α-hetero) is 1. The van der Waals surface area contributed by atoms with E-state index in [9.17, 15) is 4.79 Å². The van der Waals surface area contributed by atoms with Crippen molar-refractivity contribution < 1.29 is 4.79 Å². The van der Waals surface area contributed by atoms with E-state index in [-0.39, 0.29) is 5.41 Å². The molecule has 0 aliphatic carbocycles. The van der Waals surface area contributed by atoms with Gasteiger partial charge in [0, 0.05) is 22.2 Å². The van der Waals surface area contributed by atoms with Crippen LogP contribution < -0.4 is 5.32 Å². The van der Waals surface area contributed by atoms with Gasteiger partial charge in [0.1, 0.15) is 0 Å². The Labute approximate surface area is 117 Å². The zero-order valence-electron chi connectivity index (χ0n) is 11.2. The Kier molecular flexibility index (Phi) is 3.42. The number of thiophene rings is 1. The van der Waals surface area contributed by atoms with Gasteiger partial charge < -0.3 is 5.32 Å². The molecule has 19 heavy (non-hydrogen) atoms. The van der Waals surface area contributed by atoms with Gasteiger partial charge in [0.25, 0.3) is 0 Å². The summed E-state index contributed by atoms with van der Waals surface area (Å²) in [5.74, 6) is 0.329. The van der Waals surface area contributed by atoms with Gasteiger partial charge in [-0.3, -0.25) is 4.79 Å². The Balaban J connectivity index is 2.05. The first kappa shape index (κ1) is 12.8. The lowest BCUT2D eigenvalue weighted by Gasteiger charge is -2.35. The highest BCUT2D eigenvalue weighted by atomic mass is 32.1. The summed E-state index contributed by atoms with van der Waals surface area (Å²) >= 11 is 1.67. The lowest BCUT2D eigenvalue weighted by molar-refractivity contribution is 0.0732. The average Bonchev–Trinajstić information content (AvgIpc) is 2.95. The number of hydrogen-bond donors (Lipinski definition) is 1. The molecule has 3 rings (SSSR count). The minimum absolute atomic E-state index is 0.198. The third-order valence-electron chi connectivity index (χ3n) is 4.35. The minimum atomic E-state index is -0.198. The Morgan fingerprint density at radius 1 is 1.42 bits per heavy atom. The van der Waals surface area contributed by atoms with Gasteiger partial charge in [-0.1, -0.05) is 19.1 Å². The number of nitrogens with one attached hydrogen (secondary N) is 1. The van der Waals surface area contributed by atoms with E-state index < -0.39 is 0 Å². The predicted octanol–water partition coefficient (Wildman–Crippen LogP) is 3.86. The largest absolute Gasteiger partial charge is 0.316 e. The van der Waals surface area contributed by atoms with Gasteiger partial charge in [-0.15, -0.1) is 11.3 Å². The lowest BCUT2D eigenvalue weighted by atomic mass is 9.72. The van der Waals surface area contributed by atoms with Crippen LogP contribution >= 0.6 is 11.3 Å². The summed E-state index contributed by atoms with van der Waals surface area (Å²) in [6, 6.07) is 8.17. The van der Waals surface area contributed by atoms with Crippen molar-refractivity contribution in [3.63, 3.8) is 0 Å².